The topological polar surface area (TPSA) is 84.4 Å². The number of hydrogen-bond donors (Lipinski definition) is 1. The summed E-state index contributed by atoms with van der Waals surface area (Å²) >= 11 is 5.54. The second-order valence-electron chi connectivity index (χ2n) is 8.52. The quantitative estimate of drug-likeness (QED) is 0.432. The number of benzene rings is 1. The van der Waals surface area contributed by atoms with E-state index in [1.54, 1.807) is 24.3 Å². The summed E-state index contributed by atoms with van der Waals surface area (Å²) in [7, 11) is 0. The number of aryl methyl sites for hydroxylation is 1. The third kappa shape index (κ3) is 6.46. The highest BCUT2D eigenvalue weighted by Crippen LogP contribution is 2.36. The number of halogens is 5. The summed E-state index contributed by atoms with van der Waals surface area (Å²) in [5.74, 6) is -1.85. The number of carbonyl (C=O) groups is 2. The van der Waals surface area contributed by atoms with Crippen LogP contribution in [-0.2, 0) is 19.9 Å². The molecule has 1 aliphatic carbocycles. The maximum absolute atomic E-state index is 14.2. The molecule has 0 radical (unpaired) electrons. The number of nitrogens with one attached hydrogen (secondary N) is 1. The highest BCUT2D eigenvalue weighted by molar-refractivity contribution is 6.32. The van der Waals surface area contributed by atoms with Crippen LogP contribution < -0.4 is 10.2 Å². The molecule has 1 fully saturated rings. The number of ether oxygens (including phenoxy) is 1. The van der Waals surface area contributed by atoms with Gasteiger partial charge in [0.25, 0.3) is 17.4 Å². The maximum atomic E-state index is 14.2. The molecule has 35 heavy (non-hydrogen) atoms. The Morgan fingerprint density at radius 2 is 1.69 bits per heavy atom. The van der Waals surface area contributed by atoms with Crippen LogP contribution in [0.15, 0.2) is 43.0 Å². The van der Waals surface area contributed by atoms with Gasteiger partial charge in [0.05, 0.1) is 6.10 Å². The van der Waals surface area contributed by atoms with Gasteiger partial charge in [-0.1, -0.05) is 29.3 Å². The van der Waals surface area contributed by atoms with Crippen LogP contribution in [0, 0.1) is 6.92 Å². The second-order valence-corrected chi connectivity index (χ2v) is 8.90. The third-order valence-electron chi connectivity index (χ3n) is 6.02. The van der Waals surface area contributed by atoms with Gasteiger partial charge in [-0.2, -0.15) is 0 Å². The third-order valence-corrected chi connectivity index (χ3v) is 6.21. The highest BCUT2D eigenvalue weighted by atomic mass is 35.5. The molecule has 1 aromatic carbocycles. The van der Waals surface area contributed by atoms with Crippen molar-refractivity contribution in [3.63, 3.8) is 0 Å². The summed E-state index contributed by atoms with van der Waals surface area (Å²) in [5, 5.41) is 2.81. The molecule has 0 unspecified atom stereocenters. The molecule has 7 nitrogen and oxygen atoms in total. The normalized spacial score (nSPS) is 21.0. The van der Waals surface area contributed by atoms with Gasteiger partial charge < -0.3 is 5.32 Å². The molecule has 1 aromatic heterocycles. The van der Waals surface area contributed by atoms with Crippen molar-refractivity contribution in [3.8, 4) is 0 Å². The first kappa shape index (κ1) is 26.8. The molecule has 2 aromatic rings. The van der Waals surface area contributed by atoms with Crippen LogP contribution in [0.4, 0.5) is 23.2 Å². The van der Waals surface area contributed by atoms with E-state index in [-0.39, 0.29) is 36.9 Å². The van der Waals surface area contributed by atoms with Crippen LogP contribution in [0.1, 0.15) is 43.7 Å². The molecular formula is C23H25ClF4N4O3. The molecule has 0 aliphatic heterocycles. The van der Waals surface area contributed by atoms with E-state index in [1.807, 2.05) is 6.92 Å². The van der Waals surface area contributed by atoms with Crippen molar-refractivity contribution in [1.82, 2.24) is 15.3 Å². The van der Waals surface area contributed by atoms with E-state index in [1.165, 1.54) is 25.6 Å². The Hall–Kier alpha value is -2.79. The van der Waals surface area contributed by atoms with Gasteiger partial charge in [0.2, 0.25) is 0 Å². The Bertz CT molecular complexity index is 1020. The molecule has 1 heterocycles. The highest BCUT2D eigenvalue weighted by Gasteiger charge is 2.48. The molecule has 3 rings (SSSR count). The molecule has 190 valence electrons. The molecule has 2 amide bonds. The Morgan fingerprint density at radius 1 is 1.11 bits per heavy atom. The summed E-state index contributed by atoms with van der Waals surface area (Å²) in [5.41, 5.74) is -2.99. The van der Waals surface area contributed by atoms with E-state index >= 15 is 0 Å². The minimum absolute atomic E-state index is 0.0878. The van der Waals surface area contributed by atoms with Crippen LogP contribution in [0.3, 0.4) is 0 Å². The predicted molar refractivity (Wildman–Crippen MR) is 120 cm³/mol. The van der Waals surface area contributed by atoms with Crippen LogP contribution in [0.2, 0.25) is 0 Å². The first-order chi connectivity index (χ1) is 16.4. The van der Waals surface area contributed by atoms with E-state index in [2.05, 4.69) is 20.0 Å². The van der Waals surface area contributed by atoms with Crippen molar-refractivity contribution >= 4 is 29.1 Å². The Labute approximate surface area is 204 Å². The van der Waals surface area contributed by atoms with Gasteiger partial charge >= 0.3 is 6.36 Å². The van der Waals surface area contributed by atoms with E-state index in [0.717, 1.165) is 10.5 Å². The second kappa shape index (κ2) is 10.9. The number of nitrogens with zero attached hydrogens (tertiary/aromatic N) is 3. The van der Waals surface area contributed by atoms with Crippen molar-refractivity contribution in [3.05, 3.63) is 54.1 Å². The smallest absolute Gasteiger partial charge is 0.351 e. The van der Waals surface area contributed by atoms with E-state index in [4.69, 9.17) is 11.6 Å². The van der Waals surface area contributed by atoms with Crippen LogP contribution in [0.25, 0.3) is 0 Å². The average molecular weight is 517 g/mol. The number of amides is 2. The lowest BCUT2D eigenvalue weighted by atomic mass is 9.87. The van der Waals surface area contributed by atoms with Crippen LogP contribution >= 0.6 is 11.6 Å². The monoisotopic (exact) mass is 516 g/mol. The summed E-state index contributed by atoms with van der Waals surface area (Å²) in [6.07, 6.45) is -1.19. The fourth-order valence-corrected chi connectivity index (χ4v) is 4.25. The summed E-state index contributed by atoms with van der Waals surface area (Å²) in [6.45, 7) is 3.24. The zero-order valence-corrected chi connectivity index (χ0v) is 19.8. The Kier molecular flexibility index (Phi) is 8.32. The van der Waals surface area contributed by atoms with Crippen LogP contribution in [0.5, 0.6) is 0 Å². The largest absolute Gasteiger partial charge is 0.522 e. The lowest BCUT2D eigenvalue weighted by Gasteiger charge is -2.41. The molecule has 1 N–H and O–H groups in total. The fraction of sp³-hybridized carbons (Fsp3) is 0.478. The van der Waals surface area contributed by atoms with Gasteiger partial charge in [0.1, 0.15) is 6.33 Å². The summed E-state index contributed by atoms with van der Waals surface area (Å²) in [6, 6.07) is 6.02. The van der Waals surface area contributed by atoms with Crippen LogP contribution in [-0.4, -0.2) is 45.9 Å². The van der Waals surface area contributed by atoms with Gasteiger partial charge in [-0.15, -0.1) is 13.2 Å². The Morgan fingerprint density at radius 3 is 2.20 bits per heavy atom. The van der Waals surface area contributed by atoms with Crippen molar-refractivity contribution < 1.29 is 31.9 Å². The summed E-state index contributed by atoms with van der Waals surface area (Å²) < 4.78 is 55.8. The Balaban J connectivity index is 1.93. The SMILES string of the molecule is Cc1ccc(N(C(=O)[C@H](F)Cl)[C@@](C)(C(=O)N[C@H]2CC[C@H](OC(F)(F)F)CC2)c2cncnc2)cc1. The summed E-state index contributed by atoms with van der Waals surface area (Å²) in [4.78, 5) is 35.5. The molecule has 1 saturated carbocycles. The zero-order valence-electron chi connectivity index (χ0n) is 19.1. The number of rotatable bonds is 7. The number of alkyl halides is 5. The molecule has 12 heteroatoms. The lowest BCUT2D eigenvalue weighted by Crippen LogP contribution is -2.60. The van der Waals surface area contributed by atoms with E-state index in [0.29, 0.717) is 0 Å². The van der Waals surface area contributed by atoms with Gasteiger partial charge in [0.15, 0.2) is 5.54 Å². The average Bonchev–Trinajstić information content (AvgIpc) is 2.81. The van der Waals surface area contributed by atoms with Gasteiger partial charge in [-0.25, -0.2) is 14.4 Å². The lowest BCUT2D eigenvalue weighted by molar-refractivity contribution is -0.345. The first-order valence-electron chi connectivity index (χ1n) is 10.9. The van der Waals surface area contributed by atoms with Crippen molar-refractivity contribution in [2.45, 2.75) is 69.2 Å². The first-order valence-corrected chi connectivity index (χ1v) is 11.4. The number of carbonyl (C=O) groups excluding carboxylic acids is 2. The number of aromatic nitrogens is 2. The van der Waals surface area contributed by atoms with Gasteiger partial charge in [-0.3, -0.25) is 19.2 Å². The zero-order chi connectivity index (χ0) is 25.8. The van der Waals surface area contributed by atoms with Gasteiger partial charge in [0, 0.05) is 29.7 Å². The standard InChI is InChI=1S/C23H25ClF4N4O3/c1-14-3-7-17(8-4-14)32(20(33)19(24)25)22(2,15-11-29-13-30-12-15)21(34)31-16-5-9-18(10-6-16)35-23(26,27)28/h3-4,7-8,11-13,16,18-19H,5-6,9-10H2,1-2H3,(H,31,34)/t16-,18-,19-,22+/m0/s1. The molecule has 0 saturated heterocycles. The molecule has 0 spiro atoms. The minimum atomic E-state index is -4.73. The van der Waals surface area contributed by atoms with Crippen molar-refractivity contribution in [2.75, 3.05) is 4.90 Å². The van der Waals surface area contributed by atoms with Crippen molar-refractivity contribution in [2.24, 2.45) is 0 Å². The predicted octanol–water partition coefficient (Wildman–Crippen LogP) is 4.53. The minimum Gasteiger partial charge on any atom is -0.351 e. The molecular weight excluding hydrogens is 492 g/mol. The van der Waals surface area contributed by atoms with Gasteiger partial charge in [-0.05, 0) is 51.7 Å². The molecule has 2 atom stereocenters. The fourth-order valence-electron chi connectivity index (χ4n) is 4.15. The van der Waals surface area contributed by atoms with E-state index < -0.39 is 41.5 Å². The molecule has 1 aliphatic rings. The maximum Gasteiger partial charge on any atom is 0.522 e. The van der Waals surface area contributed by atoms with E-state index in [9.17, 15) is 27.2 Å². The number of hydrogen-bond acceptors (Lipinski definition) is 5. The van der Waals surface area contributed by atoms with Crippen molar-refractivity contribution in [1.29, 1.82) is 0 Å². The number of anilines is 1. The molecule has 0 bridgehead atoms.